The molecule has 0 N–H and O–H groups in total. The Labute approximate surface area is 129 Å². The summed E-state index contributed by atoms with van der Waals surface area (Å²) in [5, 5.41) is 11.0. The first-order chi connectivity index (χ1) is 9.52. The summed E-state index contributed by atoms with van der Waals surface area (Å²) in [6.45, 7) is 2.85. The summed E-state index contributed by atoms with van der Waals surface area (Å²) >= 11 is 0. The molecular weight excluding hydrogens is 294 g/mol. The number of nitrogens with zero attached hydrogens (tertiary/aromatic N) is 3. The van der Waals surface area contributed by atoms with E-state index in [1.54, 1.807) is 11.0 Å². The molecule has 112 valence electrons. The fourth-order valence-corrected chi connectivity index (χ4v) is 2.13. The molecule has 1 fully saturated rings. The molecule has 21 heavy (non-hydrogen) atoms. The Morgan fingerprint density at radius 2 is 1.95 bits per heavy atom. The van der Waals surface area contributed by atoms with Crippen molar-refractivity contribution in [2.24, 2.45) is 0 Å². The van der Waals surface area contributed by atoms with Gasteiger partial charge in [-0.05, 0) is 19.2 Å². The first kappa shape index (κ1) is 17.0. The molecule has 7 heteroatoms. The molecule has 2 rings (SSSR count). The summed E-state index contributed by atoms with van der Waals surface area (Å²) in [6, 6.07) is 4.25. The third-order valence-electron chi connectivity index (χ3n) is 3.39. The Morgan fingerprint density at radius 3 is 2.48 bits per heavy atom. The van der Waals surface area contributed by atoms with Crippen LogP contribution in [-0.4, -0.2) is 53.9 Å². The molecule has 1 heterocycles. The van der Waals surface area contributed by atoms with E-state index in [0.717, 1.165) is 13.1 Å². The van der Waals surface area contributed by atoms with E-state index in [1.165, 1.54) is 12.1 Å². The second-order valence-corrected chi connectivity index (χ2v) is 4.73. The van der Waals surface area contributed by atoms with Crippen LogP contribution in [0.15, 0.2) is 18.2 Å². The minimum atomic E-state index is -0.560. The molecule has 0 unspecified atom stereocenters. The molecule has 0 saturated carbocycles. The molecule has 1 aliphatic heterocycles. The van der Waals surface area contributed by atoms with Gasteiger partial charge in [-0.25, -0.2) is 0 Å². The number of rotatable bonds is 2. The number of nitro groups is 1. The summed E-state index contributed by atoms with van der Waals surface area (Å²) in [7, 11) is 1.99. The Balaban J connectivity index is 0.00000220. The lowest BCUT2D eigenvalue weighted by Gasteiger charge is -2.32. The van der Waals surface area contributed by atoms with E-state index in [0.29, 0.717) is 18.7 Å². The molecule has 1 aliphatic rings. The van der Waals surface area contributed by atoms with Gasteiger partial charge in [0.25, 0.3) is 11.6 Å². The minimum absolute atomic E-state index is 0. The average Bonchev–Trinajstić information content (AvgIpc) is 2.46. The normalized spacial score (nSPS) is 15.0. The third kappa shape index (κ3) is 3.72. The van der Waals surface area contributed by atoms with Crippen LogP contribution in [0.25, 0.3) is 0 Å². The smallest absolute Gasteiger partial charge is 0.285 e. The van der Waals surface area contributed by atoms with E-state index in [9.17, 15) is 14.9 Å². The number of piperazine rings is 1. The van der Waals surface area contributed by atoms with Crippen molar-refractivity contribution in [3.05, 3.63) is 39.4 Å². The molecule has 0 atom stereocenters. The Morgan fingerprint density at radius 1 is 1.33 bits per heavy atom. The number of carbonyl (C=O) groups is 1. The number of carbonyl (C=O) groups excluding carboxylic acids is 1. The lowest BCUT2D eigenvalue weighted by Crippen LogP contribution is -2.47. The zero-order valence-electron chi connectivity index (χ0n) is 11.6. The number of amides is 1. The van der Waals surface area contributed by atoms with Gasteiger partial charge in [-0.2, -0.15) is 0 Å². The van der Waals surface area contributed by atoms with Crippen LogP contribution in [0.3, 0.4) is 0 Å². The Hall–Kier alpha value is -2.10. The monoisotopic (exact) mass is 309 g/mol. The van der Waals surface area contributed by atoms with Crippen molar-refractivity contribution >= 4 is 24.0 Å². The zero-order valence-corrected chi connectivity index (χ0v) is 12.4. The lowest BCUT2D eigenvalue weighted by atomic mass is 10.1. The van der Waals surface area contributed by atoms with Gasteiger partial charge in [0.2, 0.25) is 0 Å². The number of hydrogen-bond acceptors (Lipinski definition) is 4. The van der Waals surface area contributed by atoms with Crippen molar-refractivity contribution in [1.82, 2.24) is 9.80 Å². The summed E-state index contributed by atoms with van der Waals surface area (Å²) in [5.74, 6) is 2.07. The second kappa shape index (κ2) is 7.07. The number of terminal acetylenes is 1. The van der Waals surface area contributed by atoms with Gasteiger partial charge < -0.3 is 9.80 Å². The fraction of sp³-hybridized carbons (Fsp3) is 0.357. The highest BCUT2D eigenvalue weighted by Gasteiger charge is 2.23. The van der Waals surface area contributed by atoms with Crippen molar-refractivity contribution in [2.75, 3.05) is 33.2 Å². The Kier molecular flexibility index (Phi) is 5.70. The molecule has 0 bridgehead atoms. The van der Waals surface area contributed by atoms with Gasteiger partial charge in [0, 0.05) is 37.8 Å². The highest BCUT2D eigenvalue weighted by atomic mass is 35.5. The molecule has 1 saturated heterocycles. The fourth-order valence-electron chi connectivity index (χ4n) is 2.13. The van der Waals surface area contributed by atoms with Gasteiger partial charge in [-0.1, -0.05) is 5.92 Å². The number of benzene rings is 1. The predicted molar refractivity (Wildman–Crippen MR) is 81.7 cm³/mol. The van der Waals surface area contributed by atoms with Crippen LogP contribution in [0.5, 0.6) is 0 Å². The third-order valence-corrected chi connectivity index (χ3v) is 3.39. The zero-order chi connectivity index (χ0) is 14.7. The topological polar surface area (TPSA) is 66.7 Å². The van der Waals surface area contributed by atoms with Crippen LogP contribution in [0.4, 0.5) is 5.69 Å². The SMILES string of the molecule is C#Cc1ccc(C(=O)N2CCN(C)CC2)cc1[N+](=O)[O-].Cl. The van der Waals surface area contributed by atoms with Gasteiger partial charge in [-0.3, -0.25) is 14.9 Å². The van der Waals surface area contributed by atoms with Crippen LogP contribution in [0.1, 0.15) is 15.9 Å². The average molecular weight is 310 g/mol. The largest absolute Gasteiger partial charge is 0.336 e. The molecule has 0 spiro atoms. The quantitative estimate of drug-likeness (QED) is 0.470. The minimum Gasteiger partial charge on any atom is -0.336 e. The van der Waals surface area contributed by atoms with Crippen LogP contribution < -0.4 is 0 Å². The van der Waals surface area contributed by atoms with Crippen molar-refractivity contribution < 1.29 is 9.72 Å². The standard InChI is InChI=1S/C14H15N3O3.ClH/c1-3-11-4-5-12(10-13(11)17(19)20)14(18)16-8-6-15(2)7-9-16;/h1,4-5,10H,6-9H2,2H3;1H. The van der Waals surface area contributed by atoms with Crippen molar-refractivity contribution in [3.63, 3.8) is 0 Å². The maximum absolute atomic E-state index is 12.3. The van der Waals surface area contributed by atoms with Gasteiger partial charge in [-0.15, -0.1) is 18.8 Å². The van der Waals surface area contributed by atoms with Crippen molar-refractivity contribution in [1.29, 1.82) is 0 Å². The molecule has 1 aromatic rings. The maximum atomic E-state index is 12.3. The van der Waals surface area contributed by atoms with E-state index in [-0.39, 0.29) is 29.6 Å². The predicted octanol–water partition coefficient (Wildman–Crippen LogP) is 1.39. The van der Waals surface area contributed by atoms with E-state index in [1.807, 2.05) is 7.05 Å². The first-order valence-corrected chi connectivity index (χ1v) is 6.26. The lowest BCUT2D eigenvalue weighted by molar-refractivity contribution is -0.385. The van der Waals surface area contributed by atoms with Crippen molar-refractivity contribution in [2.45, 2.75) is 0 Å². The first-order valence-electron chi connectivity index (χ1n) is 6.26. The van der Waals surface area contributed by atoms with Gasteiger partial charge in [0.1, 0.15) is 5.56 Å². The molecule has 1 aromatic carbocycles. The van der Waals surface area contributed by atoms with Crippen LogP contribution in [0.2, 0.25) is 0 Å². The summed E-state index contributed by atoms with van der Waals surface area (Å²) < 4.78 is 0. The highest BCUT2D eigenvalue weighted by Crippen LogP contribution is 2.20. The highest BCUT2D eigenvalue weighted by molar-refractivity contribution is 5.95. The molecule has 0 aromatic heterocycles. The van der Waals surface area contributed by atoms with Gasteiger partial charge in [0.05, 0.1) is 4.92 Å². The molecular formula is C14H16ClN3O3. The van der Waals surface area contributed by atoms with Crippen LogP contribution in [-0.2, 0) is 0 Å². The summed E-state index contributed by atoms with van der Waals surface area (Å²) in [5.41, 5.74) is 0.289. The summed E-state index contributed by atoms with van der Waals surface area (Å²) in [4.78, 5) is 26.5. The van der Waals surface area contributed by atoms with Crippen molar-refractivity contribution in [3.8, 4) is 12.3 Å². The van der Waals surface area contributed by atoms with Gasteiger partial charge in [0.15, 0.2) is 0 Å². The molecule has 6 nitrogen and oxygen atoms in total. The number of hydrogen-bond donors (Lipinski definition) is 0. The molecule has 1 amide bonds. The van der Waals surface area contributed by atoms with Gasteiger partial charge >= 0.3 is 0 Å². The number of likely N-dealkylation sites (N-methyl/N-ethyl adjacent to an activating group) is 1. The van der Waals surface area contributed by atoms with E-state index >= 15 is 0 Å². The van der Waals surface area contributed by atoms with Crippen LogP contribution in [0, 0.1) is 22.5 Å². The number of nitro benzene ring substituents is 1. The molecule has 0 radical (unpaired) electrons. The number of halogens is 1. The summed E-state index contributed by atoms with van der Waals surface area (Å²) in [6.07, 6.45) is 5.22. The Bertz CT molecular complexity index is 590. The van der Waals surface area contributed by atoms with E-state index < -0.39 is 4.92 Å². The van der Waals surface area contributed by atoms with E-state index in [4.69, 9.17) is 6.42 Å². The van der Waals surface area contributed by atoms with E-state index in [2.05, 4.69) is 10.8 Å². The maximum Gasteiger partial charge on any atom is 0.285 e. The second-order valence-electron chi connectivity index (χ2n) is 4.73. The molecule has 0 aliphatic carbocycles. The van der Waals surface area contributed by atoms with Crippen LogP contribution >= 0.6 is 12.4 Å².